The number of rotatable bonds is 6. The van der Waals surface area contributed by atoms with Gasteiger partial charge in [-0.2, -0.15) is 0 Å². The van der Waals surface area contributed by atoms with Crippen LogP contribution in [0.3, 0.4) is 0 Å². The zero-order valence-electron chi connectivity index (χ0n) is 17.0. The number of nitrogens with one attached hydrogen (secondary N) is 2. The molecular weight excluding hydrogens is 372 g/mol. The number of carbonyl (C=O) groups excluding carboxylic acids is 3. The molecule has 156 valence electrons. The van der Waals surface area contributed by atoms with Crippen molar-refractivity contribution in [3.05, 3.63) is 23.8 Å². The largest absolute Gasteiger partial charge is 0.493 e. The third-order valence-corrected chi connectivity index (χ3v) is 6.60. The lowest BCUT2D eigenvalue weighted by Gasteiger charge is -2.56. The summed E-state index contributed by atoms with van der Waals surface area (Å²) in [5.41, 5.74) is 0.347. The van der Waals surface area contributed by atoms with E-state index < -0.39 is 11.9 Å². The SMILES string of the molecule is COc1cc(C(C)=O)ccc1OCC(=O)NC(=O)NC12CC3CC(CC(C3)C1)C2. The lowest BCUT2D eigenvalue weighted by atomic mass is 9.53. The van der Waals surface area contributed by atoms with Crippen molar-refractivity contribution in [2.75, 3.05) is 13.7 Å². The Balaban J connectivity index is 1.30. The summed E-state index contributed by atoms with van der Waals surface area (Å²) in [4.78, 5) is 36.1. The Labute approximate surface area is 170 Å². The number of amides is 3. The molecule has 4 aliphatic carbocycles. The van der Waals surface area contributed by atoms with E-state index in [1.54, 1.807) is 18.2 Å². The van der Waals surface area contributed by atoms with E-state index in [1.807, 2.05) is 0 Å². The number of hydrogen-bond donors (Lipinski definition) is 2. The second kappa shape index (κ2) is 7.69. The molecule has 29 heavy (non-hydrogen) atoms. The van der Waals surface area contributed by atoms with Crippen LogP contribution in [-0.4, -0.2) is 37.0 Å². The topological polar surface area (TPSA) is 93.7 Å². The second-order valence-corrected chi connectivity index (χ2v) is 8.91. The van der Waals surface area contributed by atoms with Gasteiger partial charge in [0.05, 0.1) is 7.11 Å². The molecular formula is C22H28N2O5. The average molecular weight is 400 g/mol. The Hall–Kier alpha value is -2.57. The maximum absolute atomic E-state index is 12.4. The van der Waals surface area contributed by atoms with E-state index in [-0.39, 0.29) is 17.9 Å². The van der Waals surface area contributed by atoms with Gasteiger partial charge in [-0.1, -0.05) is 0 Å². The maximum Gasteiger partial charge on any atom is 0.321 e. The van der Waals surface area contributed by atoms with Crippen LogP contribution in [0.4, 0.5) is 4.79 Å². The third-order valence-electron chi connectivity index (χ3n) is 6.60. The van der Waals surface area contributed by atoms with Gasteiger partial charge < -0.3 is 14.8 Å². The molecule has 0 aliphatic heterocycles. The number of benzene rings is 1. The van der Waals surface area contributed by atoms with E-state index in [0.29, 0.717) is 34.8 Å². The number of methoxy groups -OCH3 is 1. The molecule has 0 atom stereocenters. The Morgan fingerprint density at radius 1 is 1.03 bits per heavy atom. The normalized spacial score (nSPS) is 29.2. The van der Waals surface area contributed by atoms with E-state index in [4.69, 9.17) is 9.47 Å². The summed E-state index contributed by atoms with van der Waals surface area (Å²) in [6.45, 7) is 1.15. The summed E-state index contributed by atoms with van der Waals surface area (Å²) in [5, 5.41) is 5.49. The van der Waals surface area contributed by atoms with E-state index in [9.17, 15) is 14.4 Å². The highest BCUT2D eigenvalue weighted by Gasteiger charge is 2.51. The van der Waals surface area contributed by atoms with Gasteiger partial charge in [0.1, 0.15) is 0 Å². The molecule has 4 bridgehead atoms. The first kappa shape index (κ1) is 19.7. The number of urea groups is 1. The Morgan fingerprint density at radius 3 is 2.21 bits per heavy atom. The summed E-state index contributed by atoms with van der Waals surface area (Å²) >= 11 is 0. The van der Waals surface area contributed by atoms with Crippen LogP contribution in [0.5, 0.6) is 11.5 Å². The fourth-order valence-electron chi connectivity index (χ4n) is 5.85. The molecule has 7 nitrogen and oxygen atoms in total. The summed E-state index contributed by atoms with van der Waals surface area (Å²) < 4.78 is 10.7. The highest BCUT2D eigenvalue weighted by molar-refractivity contribution is 5.96. The van der Waals surface area contributed by atoms with E-state index in [2.05, 4.69) is 10.6 Å². The van der Waals surface area contributed by atoms with Crippen molar-refractivity contribution in [3.63, 3.8) is 0 Å². The number of carbonyl (C=O) groups is 3. The quantitative estimate of drug-likeness (QED) is 0.716. The fraction of sp³-hybridized carbons (Fsp3) is 0.591. The second-order valence-electron chi connectivity index (χ2n) is 8.91. The van der Waals surface area contributed by atoms with E-state index >= 15 is 0 Å². The van der Waals surface area contributed by atoms with Crippen molar-refractivity contribution < 1.29 is 23.9 Å². The van der Waals surface area contributed by atoms with Gasteiger partial charge in [0.2, 0.25) is 0 Å². The molecule has 5 rings (SSSR count). The first-order valence-corrected chi connectivity index (χ1v) is 10.3. The van der Waals surface area contributed by atoms with E-state index in [1.165, 1.54) is 33.3 Å². The Bertz CT molecular complexity index is 799. The van der Waals surface area contributed by atoms with Crippen LogP contribution >= 0.6 is 0 Å². The first-order valence-electron chi connectivity index (χ1n) is 10.3. The third kappa shape index (κ3) is 4.23. The van der Waals surface area contributed by atoms with Crippen molar-refractivity contribution in [1.82, 2.24) is 10.6 Å². The Kier molecular flexibility index (Phi) is 5.23. The highest BCUT2D eigenvalue weighted by atomic mass is 16.5. The van der Waals surface area contributed by atoms with E-state index in [0.717, 1.165) is 19.3 Å². The van der Waals surface area contributed by atoms with Crippen LogP contribution in [0.15, 0.2) is 18.2 Å². The molecule has 1 aromatic carbocycles. The van der Waals surface area contributed by atoms with Crippen LogP contribution in [0.1, 0.15) is 55.8 Å². The predicted molar refractivity (Wildman–Crippen MR) is 106 cm³/mol. The van der Waals surface area contributed by atoms with Crippen LogP contribution in [0.2, 0.25) is 0 Å². The molecule has 0 radical (unpaired) electrons. The summed E-state index contributed by atoms with van der Waals surface area (Å²) in [5.74, 6) is 2.24. The van der Waals surface area contributed by atoms with Gasteiger partial charge in [-0.15, -0.1) is 0 Å². The predicted octanol–water partition coefficient (Wildman–Crippen LogP) is 3.07. The summed E-state index contributed by atoms with van der Waals surface area (Å²) in [7, 11) is 1.46. The number of imide groups is 1. The van der Waals surface area contributed by atoms with Crippen molar-refractivity contribution in [3.8, 4) is 11.5 Å². The van der Waals surface area contributed by atoms with Crippen molar-refractivity contribution in [2.24, 2.45) is 17.8 Å². The van der Waals surface area contributed by atoms with Crippen LogP contribution < -0.4 is 20.1 Å². The fourth-order valence-corrected chi connectivity index (χ4v) is 5.85. The zero-order chi connectivity index (χ0) is 20.6. The van der Waals surface area contributed by atoms with Crippen LogP contribution in [0.25, 0.3) is 0 Å². The molecule has 0 saturated heterocycles. The summed E-state index contributed by atoms with van der Waals surface area (Å²) in [6, 6.07) is 4.31. The van der Waals surface area contributed by atoms with Gasteiger partial charge in [-0.25, -0.2) is 4.79 Å². The van der Waals surface area contributed by atoms with Gasteiger partial charge in [0.25, 0.3) is 5.91 Å². The molecule has 0 spiro atoms. The van der Waals surface area contributed by atoms with Crippen molar-refractivity contribution in [2.45, 2.75) is 51.0 Å². The van der Waals surface area contributed by atoms with Gasteiger partial charge in [0.15, 0.2) is 23.9 Å². The summed E-state index contributed by atoms with van der Waals surface area (Å²) in [6.07, 6.45) is 6.95. The molecule has 4 saturated carbocycles. The van der Waals surface area contributed by atoms with Gasteiger partial charge in [-0.05, 0) is 81.4 Å². The molecule has 1 aromatic rings. The van der Waals surface area contributed by atoms with Gasteiger partial charge in [-0.3, -0.25) is 14.9 Å². The minimum absolute atomic E-state index is 0.0889. The molecule has 3 amide bonds. The minimum Gasteiger partial charge on any atom is -0.493 e. The molecule has 0 aromatic heterocycles. The zero-order valence-corrected chi connectivity index (χ0v) is 17.0. The smallest absolute Gasteiger partial charge is 0.321 e. The standard InChI is InChI=1S/C22H28N2O5/c1-13(25)17-3-4-18(19(8-17)28-2)29-12-20(26)23-21(27)24-22-9-14-5-15(10-22)7-16(6-14)11-22/h3-4,8,14-16H,5-7,9-12H2,1-2H3,(H2,23,24,26,27). The number of hydrogen-bond acceptors (Lipinski definition) is 5. The van der Waals surface area contributed by atoms with Crippen LogP contribution in [0, 0.1) is 17.8 Å². The lowest BCUT2D eigenvalue weighted by molar-refractivity contribution is -0.122. The van der Waals surface area contributed by atoms with Crippen molar-refractivity contribution >= 4 is 17.7 Å². The minimum atomic E-state index is -0.523. The van der Waals surface area contributed by atoms with Crippen LogP contribution in [-0.2, 0) is 4.79 Å². The molecule has 7 heteroatoms. The highest BCUT2D eigenvalue weighted by Crippen LogP contribution is 2.55. The monoisotopic (exact) mass is 400 g/mol. The molecule has 0 heterocycles. The van der Waals surface area contributed by atoms with Gasteiger partial charge in [0, 0.05) is 11.1 Å². The lowest BCUT2D eigenvalue weighted by Crippen LogP contribution is -2.62. The number of Topliss-reactive ketones (excluding diaryl/α,β-unsaturated/α-hetero) is 1. The van der Waals surface area contributed by atoms with Gasteiger partial charge >= 0.3 is 6.03 Å². The molecule has 4 fully saturated rings. The number of ether oxygens (including phenoxy) is 2. The van der Waals surface area contributed by atoms with Crippen molar-refractivity contribution in [1.29, 1.82) is 0 Å². The maximum atomic E-state index is 12.4. The Morgan fingerprint density at radius 2 is 1.66 bits per heavy atom. The average Bonchev–Trinajstić information content (AvgIpc) is 2.64. The molecule has 4 aliphatic rings. The molecule has 2 N–H and O–H groups in total. The molecule has 0 unspecified atom stereocenters. The number of ketones is 1. The first-order chi connectivity index (χ1) is 13.9.